The van der Waals surface area contributed by atoms with E-state index in [1.165, 1.54) is 0 Å². The second kappa shape index (κ2) is 5.97. The van der Waals surface area contributed by atoms with Crippen molar-refractivity contribution in [3.8, 4) is 11.5 Å². The number of methoxy groups -OCH3 is 1. The number of para-hydroxylation sites is 1. The van der Waals surface area contributed by atoms with Crippen LogP contribution in [0.15, 0.2) is 40.9 Å². The van der Waals surface area contributed by atoms with Crippen molar-refractivity contribution in [3.05, 3.63) is 52.0 Å². The van der Waals surface area contributed by atoms with E-state index in [4.69, 9.17) is 15.2 Å². The number of nitrogens with two attached hydrogens (primary N) is 1. The Labute approximate surface area is 121 Å². The molecule has 0 aliphatic carbocycles. The highest BCUT2D eigenvalue weighted by Crippen LogP contribution is 2.31. The zero-order valence-electron chi connectivity index (χ0n) is 10.9. The molecule has 4 heteroatoms. The van der Waals surface area contributed by atoms with Crippen LogP contribution in [0.25, 0.3) is 0 Å². The molecule has 3 nitrogen and oxygen atoms in total. The van der Waals surface area contributed by atoms with Crippen molar-refractivity contribution in [2.24, 2.45) is 0 Å². The number of nitrogen functional groups attached to an aromatic ring is 1. The van der Waals surface area contributed by atoms with E-state index in [9.17, 15) is 0 Å². The molecule has 2 aromatic rings. The first-order valence-corrected chi connectivity index (χ1v) is 6.71. The van der Waals surface area contributed by atoms with Crippen LogP contribution in [0.1, 0.15) is 11.1 Å². The number of hydrogen-bond acceptors (Lipinski definition) is 3. The van der Waals surface area contributed by atoms with Gasteiger partial charge in [0.25, 0.3) is 0 Å². The Morgan fingerprint density at radius 3 is 2.63 bits per heavy atom. The monoisotopic (exact) mass is 321 g/mol. The third-order valence-electron chi connectivity index (χ3n) is 2.83. The Kier molecular flexibility index (Phi) is 4.32. The molecule has 0 heterocycles. The van der Waals surface area contributed by atoms with Gasteiger partial charge in [0.05, 0.1) is 12.8 Å². The Balaban J connectivity index is 2.19. The van der Waals surface area contributed by atoms with Crippen LogP contribution >= 0.6 is 15.9 Å². The minimum Gasteiger partial charge on any atom is -0.496 e. The number of ether oxygens (including phenoxy) is 2. The average molecular weight is 322 g/mol. The molecule has 0 aromatic heterocycles. The van der Waals surface area contributed by atoms with Gasteiger partial charge in [0, 0.05) is 10.0 Å². The van der Waals surface area contributed by atoms with Crippen molar-refractivity contribution in [2.45, 2.75) is 13.5 Å². The Morgan fingerprint density at radius 2 is 1.95 bits per heavy atom. The summed E-state index contributed by atoms with van der Waals surface area (Å²) >= 11 is 3.41. The molecule has 0 unspecified atom stereocenters. The summed E-state index contributed by atoms with van der Waals surface area (Å²) in [6, 6.07) is 11.6. The van der Waals surface area contributed by atoms with E-state index in [0.29, 0.717) is 18.0 Å². The van der Waals surface area contributed by atoms with Crippen LogP contribution in [0.5, 0.6) is 11.5 Å². The third kappa shape index (κ3) is 3.20. The van der Waals surface area contributed by atoms with Gasteiger partial charge in [-0.2, -0.15) is 0 Å². The van der Waals surface area contributed by atoms with Gasteiger partial charge in [0.1, 0.15) is 18.1 Å². The van der Waals surface area contributed by atoms with Crippen LogP contribution in [-0.2, 0) is 6.61 Å². The highest BCUT2D eigenvalue weighted by Gasteiger charge is 2.08. The van der Waals surface area contributed by atoms with E-state index >= 15 is 0 Å². The van der Waals surface area contributed by atoms with Gasteiger partial charge in [-0.3, -0.25) is 0 Å². The quantitative estimate of drug-likeness (QED) is 0.868. The Hall–Kier alpha value is -1.68. The Bertz CT molecular complexity index is 561. The summed E-state index contributed by atoms with van der Waals surface area (Å²) < 4.78 is 12.1. The Morgan fingerprint density at radius 1 is 1.21 bits per heavy atom. The minimum absolute atomic E-state index is 0.427. The summed E-state index contributed by atoms with van der Waals surface area (Å²) in [5.41, 5.74) is 8.59. The molecule has 0 atom stereocenters. The molecule has 2 rings (SSSR count). The zero-order valence-corrected chi connectivity index (χ0v) is 12.5. The fraction of sp³-hybridized carbons (Fsp3) is 0.200. The molecular weight excluding hydrogens is 306 g/mol. The maximum absolute atomic E-state index is 5.97. The molecule has 0 amide bonds. The van der Waals surface area contributed by atoms with Crippen LogP contribution in [0.2, 0.25) is 0 Å². The van der Waals surface area contributed by atoms with E-state index in [-0.39, 0.29) is 0 Å². The van der Waals surface area contributed by atoms with Gasteiger partial charge < -0.3 is 15.2 Å². The van der Waals surface area contributed by atoms with Gasteiger partial charge in [-0.05, 0) is 30.7 Å². The van der Waals surface area contributed by atoms with Crippen LogP contribution in [0, 0.1) is 6.92 Å². The van der Waals surface area contributed by atoms with Crippen molar-refractivity contribution in [1.29, 1.82) is 0 Å². The standard InChI is InChI=1S/C15H16BrNO2/c1-10-7-12(16)8-13(17)15(10)19-9-11-5-3-4-6-14(11)18-2/h3-8H,9,17H2,1-2H3. The molecule has 0 saturated carbocycles. The summed E-state index contributed by atoms with van der Waals surface area (Å²) in [6.07, 6.45) is 0. The van der Waals surface area contributed by atoms with Crippen molar-refractivity contribution in [3.63, 3.8) is 0 Å². The molecule has 0 aliphatic rings. The lowest BCUT2D eigenvalue weighted by atomic mass is 10.2. The predicted molar refractivity (Wildman–Crippen MR) is 80.6 cm³/mol. The third-order valence-corrected chi connectivity index (χ3v) is 3.29. The number of anilines is 1. The first-order valence-electron chi connectivity index (χ1n) is 5.92. The maximum atomic E-state index is 5.97. The summed E-state index contributed by atoms with van der Waals surface area (Å²) in [5, 5.41) is 0. The fourth-order valence-corrected chi connectivity index (χ4v) is 2.52. The van der Waals surface area contributed by atoms with Gasteiger partial charge >= 0.3 is 0 Å². The smallest absolute Gasteiger partial charge is 0.145 e. The van der Waals surface area contributed by atoms with Crippen molar-refractivity contribution < 1.29 is 9.47 Å². The molecule has 0 bridgehead atoms. The average Bonchev–Trinajstić information content (AvgIpc) is 2.38. The number of aryl methyl sites for hydroxylation is 1. The molecule has 0 aliphatic heterocycles. The summed E-state index contributed by atoms with van der Waals surface area (Å²) in [5.74, 6) is 1.53. The zero-order chi connectivity index (χ0) is 13.8. The second-order valence-corrected chi connectivity index (χ2v) is 5.16. The van der Waals surface area contributed by atoms with Gasteiger partial charge in [-0.15, -0.1) is 0 Å². The van der Waals surface area contributed by atoms with E-state index in [1.54, 1.807) is 7.11 Å². The first-order chi connectivity index (χ1) is 9.11. The van der Waals surface area contributed by atoms with Crippen molar-refractivity contribution in [2.75, 3.05) is 12.8 Å². The van der Waals surface area contributed by atoms with E-state index in [0.717, 1.165) is 21.3 Å². The SMILES string of the molecule is COc1ccccc1COc1c(C)cc(Br)cc1N. The molecule has 2 aromatic carbocycles. The molecule has 0 saturated heterocycles. The van der Waals surface area contributed by atoms with Gasteiger partial charge in [-0.25, -0.2) is 0 Å². The predicted octanol–water partition coefficient (Wildman–Crippen LogP) is 3.93. The molecule has 0 radical (unpaired) electrons. The normalized spacial score (nSPS) is 10.3. The number of halogens is 1. The lowest BCUT2D eigenvalue weighted by molar-refractivity contribution is 0.296. The molecule has 2 N–H and O–H groups in total. The van der Waals surface area contributed by atoms with Gasteiger partial charge in [-0.1, -0.05) is 34.1 Å². The molecule has 0 spiro atoms. The summed E-state index contributed by atoms with van der Waals surface area (Å²) in [4.78, 5) is 0. The van der Waals surface area contributed by atoms with Crippen LogP contribution in [-0.4, -0.2) is 7.11 Å². The summed E-state index contributed by atoms with van der Waals surface area (Å²) in [6.45, 7) is 2.40. The first kappa shape index (κ1) is 13.7. The molecular formula is C15H16BrNO2. The van der Waals surface area contributed by atoms with E-state index in [1.807, 2.05) is 43.3 Å². The van der Waals surface area contributed by atoms with Crippen molar-refractivity contribution in [1.82, 2.24) is 0 Å². The molecule has 19 heavy (non-hydrogen) atoms. The minimum atomic E-state index is 0.427. The van der Waals surface area contributed by atoms with Gasteiger partial charge in [0.15, 0.2) is 0 Å². The lowest BCUT2D eigenvalue weighted by Gasteiger charge is -2.14. The molecule has 0 fully saturated rings. The summed E-state index contributed by atoms with van der Waals surface area (Å²) in [7, 11) is 1.65. The highest BCUT2D eigenvalue weighted by molar-refractivity contribution is 9.10. The van der Waals surface area contributed by atoms with E-state index in [2.05, 4.69) is 15.9 Å². The van der Waals surface area contributed by atoms with Crippen LogP contribution < -0.4 is 15.2 Å². The topological polar surface area (TPSA) is 44.5 Å². The fourth-order valence-electron chi connectivity index (χ4n) is 1.93. The number of benzene rings is 2. The largest absolute Gasteiger partial charge is 0.496 e. The van der Waals surface area contributed by atoms with Crippen LogP contribution in [0.3, 0.4) is 0 Å². The van der Waals surface area contributed by atoms with E-state index < -0.39 is 0 Å². The second-order valence-electron chi connectivity index (χ2n) is 4.24. The molecule has 100 valence electrons. The lowest BCUT2D eigenvalue weighted by Crippen LogP contribution is -2.02. The number of hydrogen-bond donors (Lipinski definition) is 1. The van der Waals surface area contributed by atoms with Crippen molar-refractivity contribution >= 4 is 21.6 Å². The number of rotatable bonds is 4. The highest BCUT2D eigenvalue weighted by atomic mass is 79.9. The van der Waals surface area contributed by atoms with Gasteiger partial charge in [0.2, 0.25) is 0 Å². The maximum Gasteiger partial charge on any atom is 0.145 e. The van der Waals surface area contributed by atoms with Crippen LogP contribution in [0.4, 0.5) is 5.69 Å².